The van der Waals surface area contributed by atoms with E-state index in [1.165, 1.54) is 0 Å². The summed E-state index contributed by atoms with van der Waals surface area (Å²) in [6.45, 7) is 25.1. The van der Waals surface area contributed by atoms with Crippen LogP contribution < -0.4 is 0 Å². The highest BCUT2D eigenvalue weighted by atomic mass is 15.5. The second kappa shape index (κ2) is 5.65. The average Bonchev–Trinajstić information content (AvgIpc) is 2.75. The summed E-state index contributed by atoms with van der Waals surface area (Å²) < 4.78 is 2.05. The maximum absolute atomic E-state index is 4.52. The van der Waals surface area contributed by atoms with Gasteiger partial charge in [-0.25, -0.2) is 4.68 Å². The summed E-state index contributed by atoms with van der Waals surface area (Å²) in [5.74, 6) is 0.646. The van der Waals surface area contributed by atoms with Gasteiger partial charge in [0.15, 0.2) is 0 Å². The normalized spacial score (nSPS) is 14.7. The molecule has 1 aromatic heterocycles. The van der Waals surface area contributed by atoms with Crippen LogP contribution in [0.25, 0.3) is 0 Å². The summed E-state index contributed by atoms with van der Waals surface area (Å²) >= 11 is 0. The van der Waals surface area contributed by atoms with Crippen LogP contribution in [0.15, 0.2) is 6.20 Å². The zero-order valence-corrected chi connectivity index (χ0v) is 16.7. The predicted octanol–water partition coefficient (Wildman–Crippen LogP) is 5.41. The lowest BCUT2D eigenvalue weighted by Crippen LogP contribution is -2.40. The summed E-state index contributed by atoms with van der Waals surface area (Å²) in [5, 5.41) is 8.99. The van der Waals surface area contributed by atoms with E-state index in [0.29, 0.717) is 5.92 Å². The van der Waals surface area contributed by atoms with Gasteiger partial charge in [0.1, 0.15) is 0 Å². The van der Waals surface area contributed by atoms with Crippen LogP contribution in [0.1, 0.15) is 88.3 Å². The van der Waals surface area contributed by atoms with E-state index in [2.05, 4.69) is 92.7 Å². The summed E-state index contributed by atoms with van der Waals surface area (Å²) in [6, 6.07) is 0. The Morgan fingerprint density at radius 1 is 0.955 bits per heavy atom. The molecule has 0 unspecified atom stereocenters. The molecule has 22 heavy (non-hydrogen) atoms. The first-order valence-electron chi connectivity index (χ1n) is 8.54. The van der Waals surface area contributed by atoms with Gasteiger partial charge in [-0.15, -0.1) is 5.10 Å². The fourth-order valence-electron chi connectivity index (χ4n) is 2.62. The van der Waals surface area contributed by atoms with Crippen molar-refractivity contribution < 1.29 is 0 Å². The predicted molar refractivity (Wildman–Crippen MR) is 95.1 cm³/mol. The van der Waals surface area contributed by atoms with E-state index in [4.69, 9.17) is 0 Å². The van der Waals surface area contributed by atoms with Crippen LogP contribution in [0.4, 0.5) is 0 Å². The molecule has 0 aromatic carbocycles. The summed E-state index contributed by atoms with van der Waals surface area (Å²) in [6.07, 6.45) is 3.26. The molecule has 0 saturated heterocycles. The van der Waals surface area contributed by atoms with Gasteiger partial charge in [-0.3, -0.25) is 0 Å². The molecule has 1 heterocycles. The minimum Gasteiger partial charge on any atom is -0.246 e. The Morgan fingerprint density at radius 2 is 1.45 bits per heavy atom. The molecular formula is C19H37N3. The van der Waals surface area contributed by atoms with Crippen molar-refractivity contribution in [2.45, 2.75) is 93.5 Å². The maximum atomic E-state index is 4.52. The number of hydrogen-bond acceptors (Lipinski definition) is 2. The Bertz CT molecular complexity index is 499. The molecule has 0 atom stereocenters. The maximum Gasteiger partial charge on any atom is 0.0883 e. The van der Waals surface area contributed by atoms with Crippen molar-refractivity contribution in [2.24, 2.45) is 16.7 Å². The Morgan fingerprint density at radius 3 is 1.86 bits per heavy atom. The van der Waals surface area contributed by atoms with Gasteiger partial charge in [-0.2, -0.15) is 0 Å². The van der Waals surface area contributed by atoms with E-state index >= 15 is 0 Å². The molecule has 0 aliphatic carbocycles. The van der Waals surface area contributed by atoms with E-state index in [0.717, 1.165) is 12.1 Å². The van der Waals surface area contributed by atoms with E-state index in [1.807, 2.05) is 4.68 Å². The molecule has 0 aliphatic rings. The highest BCUT2D eigenvalue weighted by Gasteiger charge is 2.38. The van der Waals surface area contributed by atoms with Crippen LogP contribution in [-0.4, -0.2) is 15.0 Å². The first kappa shape index (κ1) is 19.2. The van der Waals surface area contributed by atoms with Crippen molar-refractivity contribution in [1.29, 1.82) is 0 Å². The van der Waals surface area contributed by atoms with Crippen LogP contribution in [0, 0.1) is 16.7 Å². The van der Waals surface area contributed by atoms with Gasteiger partial charge >= 0.3 is 0 Å². The van der Waals surface area contributed by atoms with E-state index in [1.54, 1.807) is 0 Å². The minimum atomic E-state index is -0.0676. The molecule has 0 saturated carbocycles. The van der Waals surface area contributed by atoms with Crippen molar-refractivity contribution in [3.05, 3.63) is 11.9 Å². The first-order valence-corrected chi connectivity index (χ1v) is 8.54. The standard InChI is InChI=1S/C19H37N3/c1-14(2)17(6,7)13-18(8,9)15-12-22(21-20-15)19(10,11)16(3,4)5/h12,14H,13H2,1-11H3. The monoisotopic (exact) mass is 307 g/mol. The van der Waals surface area contributed by atoms with Gasteiger partial charge in [-0.1, -0.05) is 67.5 Å². The minimum absolute atomic E-state index is 0.0278. The van der Waals surface area contributed by atoms with Crippen LogP contribution in [0.2, 0.25) is 0 Å². The number of aromatic nitrogens is 3. The average molecular weight is 308 g/mol. The topological polar surface area (TPSA) is 30.7 Å². The van der Waals surface area contributed by atoms with E-state index in [9.17, 15) is 0 Å². The quantitative estimate of drug-likeness (QED) is 0.728. The largest absolute Gasteiger partial charge is 0.246 e. The first-order chi connectivity index (χ1) is 9.61. The van der Waals surface area contributed by atoms with Gasteiger partial charge in [0, 0.05) is 11.6 Å². The molecule has 128 valence electrons. The molecule has 3 nitrogen and oxygen atoms in total. The SMILES string of the molecule is CC(C)C(C)(C)CC(C)(C)c1cn(C(C)(C)C(C)(C)C)nn1. The van der Waals surface area contributed by atoms with Gasteiger partial charge in [0.05, 0.1) is 11.2 Å². The third-order valence-corrected chi connectivity index (χ3v) is 6.06. The summed E-state index contributed by atoms with van der Waals surface area (Å²) in [7, 11) is 0. The lowest BCUT2D eigenvalue weighted by molar-refractivity contribution is 0.121. The molecule has 1 aromatic rings. The fourth-order valence-corrected chi connectivity index (χ4v) is 2.62. The Hall–Kier alpha value is -0.860. The molecule has 0 fully saturated rings. The lowest BCUT2D eigenvalue weighted by Gasteiger charge is -2.39. The van der Waals surface area contributed by atoms with Crippen molar-refractivity contribution in [3.63, 3.8) is 0 Å². The van der Waals surface area contributed by atoms with Crippen LogP contribution >= 0.6 is 0 Å². The Labute approximate surface area is 137 Å². The Kier molecular flexibility index (Phi) is 4.93. The highest BCUT2D eigenvalue weighted by Crippen LogP contribution is 2.41. The molecule has 1 rings (SSSR count). The smallest absolute Gasteiger partial charge is 0.0883 e. The van der Waals surface area contributed by atoms with Crippen LogP contribution in [0.5, 0.6) is 0 Å². The van der Waals surface area contributed by atoms with Gasteiger partial charge in [-0.05, 0) is 37.0 Å². The number of rotatable bonds is 5. The van der Waals surface area contributed by atoms with Crippen LogP contribution in [-0.2, 0) is 11.0 Å². The molecule has 0 aliphatic heterocycles. The number of hydrogen-bond donors (Lipinski definition) is 0. The van der Waals surface area contributed by atoms with Crippen LogP contribution in [0.3, 0.4) is 0 Å². The Balaban J connectivity index is 3.10. The van der Waals surface area contributed by atoms with Crippen molar-refractivity contribution >= 4 is 0 Å². The molecule has 0 N–H and O–H groups in total. The lowest BCUT2D eigenvalue weighted by atomic mass is 9.68. The molecule has 0 amide bonds. The summed E-state index contributed by atoms with van der Waals surface area (Å²) in [4.78, 5) is 0. The fraction of sp³-hybridized carbons (Fsp3) is 0.895. The van der Waals surface area contributed by atoms with E-state index in [-0.39, 0.29) is 21.8 Å². The van der Waals surface area contributed by atoms with E-state index < -0.39 is 0 Å². The van der Waals surface area contributed by atoms with Gasteiger partial charge < -0.3 is 0 Å². The summed E-state index contributed by atoms with van der Waals surface area (Å²) in [5.41, 5.74) is 1.46. The third-order valence-electron chi connectivity index (χ3n) is 6.06. The van der Waals surface area contributed by atoms with Gasteiger partial charge in [0.25, 0.3) is 0 Å². The molecular weight excluding hydrogens is 270 g/mol. The molecule has 0 spiro atoms. The second-order valence-electron chi connectivity index (χ2n) is 10.1. The van der Waals surface area contributed by atoms with Gasteiger partial charge in [0.2, 0.25) is 0 Å². The zero-order chi connectivity index (χ0) is 17.6. The number of nitrogens with zero attached hydrogens (tertiary/aromatic N) is 3. The highest BCUT2D eigenvalue weighted by molar-refractivity contribution is 5.11. The van der Waals surface area contributed by atoms with Crippen molar-refractivity contribution in [1.82, 2.24) is 15.0 Å². The molecule has 0 bridgehead atoms. The molecule has 0 radical (unpaired) electrons. The van der Waals surface area contributed by atoms with Crippen molar-refractivity contribution in [2.75, 3.05) is 0 Å². The van der Waals surface area contributed by atoms with Crippen molar-refractivity contribution in [3.8, 4) is 0 Å². The molecule has 3 heteroatoms. The zero-order valence-electron chi connectivity index (χ0n) is 16.7. The second-order valence-corrected chi connectivity index (χ2v) is 10.1. The third kappa shape index (κ3) is 3.72.